The van der Waals surface area contributed by atoms with E-state index in [0.717, 1.165) is 32.5 Å². The van der Waals surface area contributed by atoms with Gasteiger partial charge in [0.2, 0.25) is 10.0 Å². The van der Waals surface area contributed by atoms with Gasteiger partial charge in [-0.05, 0) is 50.9 Å². The van der Waals surface area contributed by atoms with E-state index < -0.39 is 10.0 Å². The van der Waals surface area contributed by atoms with Crippen LogP contribution in [0.1, 0.15) is 30.1 Å². The Bertz CT molecular complexity index is 631. The Hall–Kier alpha value is -1.24. The second-order valence-corrected chi connectivity index (χ2v) is 7.66. The van der Waals surface area contributed by atoms with Gasteiger partial charge in [-0.2, -0.15) is 0 Å². The largest absolute Gasteiger partial charge is 0.302 e. The van der Waals surface area contributed by atoms with Gasteiger partial charge in [-0.3, -0.25) is 4.79 Å². The van der Waals surface area contributed by atoms with Crippen molar-refractivity contribution in [1.29, 1.82) is 0 Å². The number of piperidine rings is 3. The third-order valence-corrected chi connectivity index (χ3v) is 6.04. The minimum absolute atomic E-state index is 0.00461. The van der Waals surface area contributed by atoms with Crippen LogP contribution in [-0.4, -0.2) is 44.8 Å². The summed E-state index contributed by atoms with van der Waals surface area (Å²) in [6.07, 6.45) is 2.13. The highest BCUT2D eigenvalue weighted by Crippen LogP contribution is 2.28. The summed E-state index contributed by atoms with van der Waals surface area (Å²) in [5.74, 6) is 0.380. The molecule has 21 heavy (non-hydrogen) atoms. The Morgan fingerprint density at radius 1 is 1.19 bits per heavy atom. The number of nitrogens with one attached hydrogen (secondary N) is 1. The maximum absolute atomic E-state index is 12.4. The quantitative estimate of drug-likeness (QED) is 0.851. The molecule has 5 nitrogen and oxygen atoms in total. The van der Waals surface area contributed by atoms with Gasteiger partial charge in [-0.25, -0.2) is 13.1 Å². The van der Waals surface area contributed by atoms with Gasteiger partial charge in [0.1, 0.15) is 0 Å². The Labute approximate surface area is 125 Å². The molecule has 1 aromatic carbocycles. The van der Waals surface area contributed by atoms with Crippen LogP contribution in [0.2, 0.25) is 0 Å². The fourth-order valence-corrected chi connectivity index (χ4v) is 4.53. The van der Waals surface area contributed by atoms with Crippen LogP contribution in [0.15, 0.2) is 29.2 Å². The highest BCUT2D eigenvalue weighted by atomic mass is 32.2. The number of hydrogen-bond acceptors (Lipinski definition) is 4. The lowest BCUT2D eigenvalue weighted by Gasteiger charge is -2.44. The van der Waals surface area contributed by atoms with E-state index in [9.17, 15) is 13.2 Å². The van der Waals surface area contributed by atoms with E-state index in [1.807, 2.05) is 0 Å². The summed E-state index contributed by atoms with van der Waals surface area (Å²) in [6.45, 7) is 4.43. The SMILES string of the molecule is CC(=O)c1ccc(S(=O)(=O)NC2CN3CCC2CC3)cc1. The number of carbonyl (C=O) groups excluding carboxylic acids is 1. The Balaban J connectivity index is 1.76. The van der Waals surface area contributed by atoms with Crippen molar-refractivity contribution in [3.63, 3.8) is 0 Å². The molecule has 3 aliphatic heterocycles. The molecule has 4 rings (SSSR count). The molecule has 0 saturated carbocycles. The minimum Gasteiger partial charge on any atom is -0.302 e. The van der Waals surface area contributed by atoms with Crippen LogP contribution in [-0.2, 0) is 10.0 Å². The summed E-state index contributed by atoms with van der Waals surface area (Å²) in [6, 6.07) is 6.13. The third-order valence-electron chi connectivity index (χ3n) is 4.53. The van der Waals surface area contributed by atoms with Crippen molar-refractivity contribution in [2.45, 2.75) is 30.7 Å². The molecular formula is C15H20N2O3S. The monoisotopic (exact) mass is 308 g/mol. The van der Waals surface area contributed by atoms with Crippen molar-refractivity contribution in [3.05, 3.63) is 29.8 Å². The number of ketones is 1. The molecule has 3 saturated heterocycles. The number of benzene rings is 1. The average molecular weight is 308 g/mol. The van der Waals surface area contributed by atoms with E-state index in [1.54, 1.807) is 12.1 Å². The van der Waals surface area contributed by atoms with Gasteiger partial charge < -0.3 is 4.90 Å². The van der Waals surface area contributed by atoms with Gasteiger partial charge in [-0.15, -0.1) is 0 Å². The molecule has 0 spiro atoms. The number of sulfonamides is 1. The molecule has 114 valence electrons. The minimum atomic E-state index is -3.51. The lowest BCUT2D eigenvalue weighted by atomic mass is 9.85. The number of rotatable bonds is 4. The molecule has 2 bridgehead atoms. The molecule has 0 amide bonds. The van der Waals surface area contributed by atoms with E-state index in [2.05, 4.69) is 9.62 Å². The molecule has 1 N–H and O–H groups in total. The maximum Gasteiger partial charge on any atom is 0.240 e. The number of fused-ring (bicyclic) bond motifs is 3. The van der Waals surface area contributed by atoms with Crippen molar-refractivity contribution in [2.75, 3.05) is 19.6 Å². The first kappa shape index (κ1) is 14.7. The van der Waals surface area contributed by atoms with Crippen molar-refractivity contribution >= 4 is 15.8 Å². The Morgan fingerprint density at radius 2 is 1.81 bits per heavy atom. The first-order chi connectivity index (χ1) is 9.95. The molecule has 1 unspecified atom stereocenters. The van der Waals surface area contributed by atoms with Gasteiger partial charge in [0, 0.05) is 18.2 Å². The standard InChI is InChI=1S/C15H20N2O3S/c1-11(18)12-2-4-14(5-3-12)21(19,20)16-15-10-17-8-6-13(15)7-9-17/h2-5,13,15-16H,6-10H2,1H3. The second-order valence-electron chi connectivity index (χ2n) is 5.95. The van der Waals surface area contributed by atoms with Crippen molar-refractivity contribution in [2.24, 2.45) is 5.92 Å². The number of nitrogens with zero attached hydrogens (tertiary/aromatic N) is 1. The predicted octanol–water partition coefficient (Wildman–Crippen LogP) is 1.26. The molecule has 3 heterocycles. The highest BCUT2D eigenvalue weighted by molar-refractivity contribution is 7.89. The molecule has 3 fully saturated rings. The molecule has 6 heteroatoms. The van der Waals surface area contributed by atoms with Crippen LogP contribution >= 0.6 is 0 Å². The van der Waals surface area contributed by atoms with Crippen molar-refractivity contribution < 1.29 is 13.2 Å². The molecule has 0 aliphatic carbocycles. The summed E-state index contributed by atoms with van der Waals surface area (Å²) in [7, 11) is -3.51. The summed E-state index contributed by atoms with van der Waals surface area (Å²) < 4.78 is 27.7. The normalized spacial score (nSPS) is 28.5. The van der Waals surface area contributed by atoms with Crippen molar-refractivity contribution in [1.82, 2.24) is 9.62 Å². The van der Waals surface area contributed by atoms with Crippen LogP contribution in [0, 0.1) is 5.92 Å². The van der Waals surface area contributed by atoms with Gasteiger partial charge in [0.25, 0.3) is 0 Å². The number of Topliss-reactive ketones (excluding diaryl/α,β-unsaturated/α-hetero) is 1. The van der Waals surface area contributed by atoms with Gasteiger partial charge in [-0.1, -0.05) is 12.1 Å². The van der Waals surface area contributed by atoms with Crippen LogP contribution in [0.3, 0.4) is 0 Å². The second kappa shape index (κ2) is 5.51. The van der Waals surface area contributed by atoms with Gasteiger partial charge >= 0.3 is 0 Å². The predicted molar refractivity (Wildman–Crippen MR) is 79.7 cm³/mol. The molecule has 0 aromatic heterocycles. The fraction of sp³-hybridized carbons (Fsp3) is 0.533. The lowest BCUT2D eigenvalue weighted by Crippen LogP contribution is -2.57. The van der Waals surface area contributed by atoms with Crippen LogP contribution in [0.4, 0.5) is 0 Å². The Morgan fingerprint density at radius 3 is 2.29 bits per heavy atom. The molecule has 1 atom stereocenters. The number of hydrogen-bond donors (Lipinski definition) is 1. The topological polar surface area (TPSA) is 66.5 Å². The van der Waals surface area contributed by atoms with Gasteiger partial charge in [0.15, 0.2) is 5.78 Å². The molecule has 1 aromatic rings. The third kappa shape index (κ3) is 3.02. The van der Waals surface area contributed by atoms with E-state index in [0.29, 0.717) is 11.5 Å². The first-order valence-corrected chi connectivity index (χ1v) is 8.80. The van der Waals surface area contributed by atoms with E-state index in [-0.39, 0.29) is 16.7 Å². The summed E-state index contributed by atoms with van der Waals surface area (Å²) in [5, 5.41) is 0. The van der Waals surface area contributed by atoms with Crippen molar-refractivity contribution in [3.8, 4) is 0 Å². The molecule has 0 radical (unpaired) electrons. The van der Waals surface area contributed by atoms with E-state index in [4.69, 9.17) is 0 Å². The highest BCUT2D eigenvalue weighted by Gasteiger charge is 2.36. The number of carbonyl (C=O) groups is 1. The van der Waals surface area contributed by atoms with E-state index >= 15 is 0 Å². The molecular weight excluding hydrogens is 288 g/mol. The average Bonchev–Trinajstić information content (AvgIpc) is 2.48. The van der Waals surface area contributed by atoms with Crippen LogP contribution < -0.4 is 4.72 Å². The zero-order chi connectivity index (χ0) is 15.0. The Kier molecular flexibility index (Phi) is 3.86. The summed E-state index contributed by atoms with van der Waals surface area (Å²) in [4.78, 5) is 13.8. The van der Waals surface area contributed by atoms with Crippen LogP contribution in [0.25, 0.3) is 0 Å². The van der Waals surface area contributed by atoms with E-state index in [1.165, 1.54) is 19.1 Å². The first-order valence-electron chi connectivity index (χ1n) is 7.31. The summed E-state index contributed by atoms with van der Waals surface area (Å²) in [5.41, 5.74) is 0.525. The summed E-state index contributed by atoms with van der Waals surface area (Å²) >= 11 is 0. The molecule has 3 aliphatic rings. The van der Waals surface area contributed by atoms with Crippen LogP contribution in [0.5, 0.6) is 0 Å². The maximum atomic E-state index is 12.4. The lowest BCUT2D eigenvalue weighted by molar-refractivity contribution is 0.0827. The van der Waals surface area contributed by atoms with Gasteiger partial charge in [0.05, 0.1) is 4.90 Å². The fourth-order valence-electron chi connectivity index (χ4n) is 3.23. The zero-order valence-electron chi connectivity index (χ0n) is 12.1. The smallest absolute Gasteiger partial charge is 0.240 e. The zero-order valence-corrected chi connectivity index (χ0v) is 12.9.